The number of ketones is 1. The van der Waals surface area contributed by atoms with Crippen LogP contribution in [0.3, 0.4) is 0 Å². The number of allylic oxidation sites excluding steroid dienone is 1. The molecule has 1 aliphatic heterocycles. The van der Waals surface area contributed by atoms with Crippen LogP contribution in [0.5, 0.6) is 0 Å². The summed E-state index contributed by atoms with van der Waals surface area (Å²) < 4.78 is 84.1. The Morgan fingerprint density at radius 1 is 1.22 bits per heavy atom. The SMILES string of the molecule is CC1=CN(c2cccc(C(F)(F)F)c2)C(C(=O)C(F)(F)F)S1=N. The summed E-state index contributed by atoms with van der Waals surface area (Å²) in [5.74, 6) is -2.15. The first-order valence-electron chi connectivity index (χ1n) is 6.12. The second kappa shape index (κ2) is 5.66. The summed E-state index contributed by atoms with van der Waals surface area (Å²) in [4.78, 5) is 12.5. The topological polar surface area (TPSA) is 44.2 Å². The molecule has 1 aromatic rings. The number of alkyl halides is 6. The lowest BCUT2D eigenvalue weighted by atomic mass is 10.1. The van der Waals surface area contributed by atoms with Crippen molar-refractivity contribution in [2.45, 2.75) is 24.7 Å². The largest absolute Gasteiger partial charge is 0.453 e. The Morgan fingerprint density at radius 3 is 2.35 bits per heavy atom. The van der Waals surface area contributed by atoms with Crippen LogP contribution in [-0.4, -0.2) is 17.3 Å². The fourth-order valence-electron chi connectivity index (χ4n) is 2.04. The molecule has 2 rings (SSSR count). The Kier molecular flexibility index (Phi) is 4.31. The molecule has 2 unspecified atom stereocenters. The molecule has 1 heterocycles. The minimum Gasteiger partial charge on any atom is -0.326 e. The van der Waals surface area contributed by atoms with E-state index in [0.29, 0.717) is 6.07 Å². The molecule has 23 heavy (non-hydrogen) atoms. The van der Waals surface area contributed by atoms with Crippen LogP contribution in [0.1, 0.15) is 12.5 Å². The Balaban J connectivity index is 2.48. The number of carbonyl (C=O) groups excluding carboxylic acids is 1. The van der Waals surface area contributed by atoms with Gasteiger partial charge in [0.15, 0.2) is 5.37 Å². The molecule has 1 aromatic carbocycles. The number of halogens is 6. The number of nitrogens with one attached hydrogen (secondary N) is 1. The van der Waals surface area contributed by atoms with Gasteiger partial charge in [0.25, 0.3) is 5.78 Å². The van der Waals surface area contributed by atoms with Crippen LogP contribution in [0.15, 0.2) is 35.4 Å². The predicted octanol–water partition coefficient (Wildman–Crippen LogP) is 4.22. The van der Waals surface area contributed by atoms with Gasteiger partial charge in [-0.1, -0.05) is 6.07 Å². The predicted molar refractivity (Wildman–Crippen MR) is 72.6 cm³/mol. The molecule has 0 saturated heterocycles. The summed E-state index contributed by atoms with van der Waals surface area (Å²) in [6.45, 7) is 1.36. The van der Waals surface area contributed by atoms with Crippen LogP contribution in [0.4, 0.5) is 32.0 Å². The van der Waals surface area contributed by atoms with Gasteiger partial charge in [-0.25, -0.2) is 0 Å². The minimum atomic E-state index is -5.17. The summed E-state index contributed by atoms with van der Waals surface area (Å²) in [5.41, 5.74) is -1.26. The monoisotopic (exact) mass is 356 g/mol. The van der Waals surface area contributed by atoms with Crippen molar-refractivity contribution in [2.24, 2.45) is 0 Å². The van der Waals surface area contributed by atoms with Gasteiger partial charge in [-0.3, -0.25) is 9.57 Å². The normalized spacial score (nSPS) is 22.2. The van der Waals surface area contributed by atoms with Gasteiger partial charge in [0, 0.05) is 16.8 Å². The Morgan fingerprint density at radius 2 is 1.83 bits per heavy atom. The smallest absolute Gasteiger partial charge is 0.326 e. The van der Waals surface area contributed by atoms with E-state index in [1.54, 1.807) is 0 Å². The summed E-state index contributed by atoms with van der Waals surface area (Å²) in [7, 11) is -1.80. The maximum Gasteiger partial charge on any atom is 0.453 e. The van der Waals surface area contributed by atoms with Crippen molar-refractivity contribution in [1.82, 2.24) is 0 Å². The zero-order chi connectivity index (χ0) is 17.6. The maximum atomic E-state index is 12.7. The molecule has 0 aromatic heterocycles. The minimum absolute atomic E-state index is 0.185. The van der Waals surface area contributed by atoms with E-state index in [1.165, 1.54) is 6.92 Å². The van der Waals surface area contributed by atoms with Crippen molar-refractivity contribution >= 4 is 22.2 Å². The lowest BCUT2D eigenvalue weighted by molar-refractivity contribution is -0.170. The fraction of sp³-hybridized carbons (Fsp3) is 0.308. The van der Waals surface area contributed by atoms with Gasteiger partial charge in [-0.05, 0) is 35.8 Å². The molecule has 10 heteroatoms. The number of rotatable bonds is 2. The molecule has 0 spiro atoms. The van der Waals surface area contributed by atoms with Gasteiger partial charge in [-0.15, -0.1) is 0 Å². The third kappa shape index (κ3) is 3.41. The average molecular weight is 356 g/mol. The zero-order valence-electron chi connectivity index (χ0n) is 11.5. The standard InChI is InChI=1S/C13H10F6N2OS/c1-7-6-21(11(23(7)20)10(22)13(17,18)19)9-4-2-3-8(5-9)12(14,15)16/h2-6,11,20H,1H3. The Labute approximate surface area is 129 Å². The lowest BCUT2D eigenvalue weighted by Crippen LogP contribution is -2.44. The zero-order valence-corrected chi connectivity index (χ0v) is 12.3. The van der Waals surface area contributed by atoms with Gasteiger partial charge in [0.05, 0.1) is 5.56 Å². The molecule has 1 aliphatic rings. The van der Waals surface area contributed by atoms with Crippen LogP contribution in [0.2, 0.25) is 0 Å². The number of benzene rings is 1. The number of carbonyl (C=O) groups is 1. The van der Waals surface area contributed by atoms with E-state index >= 15 is 0 Å². The third-order valence-corrected chi connectivity index (χ3v) is 4.81. The van der Waals surface area contributed by atoms with E-state index in [0.717, 1.165) is 29.3 Å². The van der Waals surface area contributed by atoms with Gasteiger partial charge in [-0.2, -0.15) is 26.3 Å². The molecule has 3 nitrogen and oxygen atoms in total. The molecule has 0 saturated carbocycles. The molecule has 0 radical (unpaired) electrons. The van der Waals surface area contributed by atoms with Gasteiger partial charge in [0.1, 0.15) is 0 Å². The van der Waals surface area contributed by atoms with Crippen LogP contribution < -0.4 is 4.90 Å². The first-order valence-corrected chi connectivity index (χ1v) is 7.41. The van der Waals surface area contributed by atoms with Crippen molar-refractivity contribution in [3.63, 3.8) is 0 Å². The van der Waals surface area contributed by atoms with E-state index in [4.69, 9.17) is 4.78 Å². The van der Waals surface area contributed by atoms with Crippen LogP contribution in [0.25, 0.3) is 0 Å². The van der Waals surface area contributed by atoms with E-state index in [9.17, 15) is 31.1 Å². The van der Waals surface area contributed by atoms with E-state index in [-0.39, 0.29) is 10.6 Å². The first kappa shape index (κ1) is 17.5. The molecular formula is C13H10F6N2OS. The molecule has 0 aliphatic carbocycles. The van der Waals surface area contributed by atoms with Crippen molar-refractivity contribution < 1.29 is 31.1 Å². The number of nitrogens with zero attached hydrogens (tertiary/aromatic N) is 1. The Bertz CT molecular complexity index is 694. The number of Topliss-reactive ketones (excluding diaryl/α,β-unsaturated/α-hetero) is 1. The first-order chi connectivity index (χ1) is 10.4. The highest BCUT2D eigenvalue weighted by molar-refractivity contribution is 7.91. The maximum absolute atomic E-state index is 12.7. The Hall–Kier alpha value is -1.84. The second-order valence-corrected chi connectivity index (χ2v) is 6.51. The van der Waals surface area contributed by atoms with Gasteiger partial charge >= 0.3 is 12.4 Å². The van der Waals surface area contributed by atoms with Crippen molar-refractivity contribution in [3.8, 4) is 0 Å². The van der Waals surface area contributed by atoms with E-state index in [1.807, 2.05) is 0 Å². The van der Waals surface area contributed by atoms with Crippen LogP contribution in [0, 0.1) is 4.78 Å². The number of hydrogen-bond acceptors (Lipinski definition) is 3. The lowest BCUT2D eigenvalue weighted by Gasteiger charge is -2.26. The summed E-state index contributed by atoms with van der Waals surface area (Å²) in [6.07, 6.45) is -8.73. The van der Waals surface area contributed by atoms with E-state index < -0.39 is 39.8 Å². The van der Waals surface area contributed by atoms with E-state index in [2.05, 4.69) is 0 Å². The average Bonchev–Trinajstić information content (AvgIpc) is 2.72. The summed E-state index contributed by atoms with van der Waals surface area (Å²) in [6, 6.07) is 3.63. The van der Waals surface area contributed by atoms with Crippen LogP contribution in [-0.2, 0) is 21.7 Å². The van der Waals surface area contributed by atoms with Crippen molar-refractivity contribution in [2.75, 3.05) is 4.90 Å². The van der Waals surface area contributed by atoms with Gasteiger partial charge < -0.3 is 4.90 Å². The molecule has 0 amide bonds. The molecule has 0 bridgehead atoms. The third-order valence-electron chi connectivity index (χ3n) is 3.12. The quantitative estimate of drug-likeness (QED) is 0.806. The van der Waals surface area contributed by atoms with Crippen LogP contribution >= 0.6 is 0 Å². The molecule has 1 N–H and O–H groups in total. The van der Waals surface area contributed by atoms with Crippen molar-refractivity contribution in [1.29, 1.82) is 4.78 Å². The second-order valence-electron chi connectivity index (χ2n) is 4.75. The fourth-order valence-corrected chi connectivity index (χ4v) is 3.37. The summed E-state index contributed by atoms with van der Waals surface area (Å²) in [5, 5.41) is -1.90. The van der Waals surface area contributed by atoms with Gasteiger partial charge in [0.2, 0.25) is 0 Å². The van der Waals surface area contributed by atoms with Crippen molar-refractivity contribution in [3.05, 3.63) is 40.9 Å². The molecule has 0 fully saturated rings. The molecule has 126 valence electrons. The highest BCUT2D eigenvalue weighted by Gasteiger charge is 2.49. The number of hydrogen-bond donors (Lipinski definition) is 1. The highest BCUT2D eigenvalue weighted by Crippen LogP contribution is 2.36. The molecular weight excluding hydrogens is 346 g/mol. The number of anilines is 1. The summed E-state index contributed by atoms with van der Waals surface area (Å²) >= 11 is 0. The molecule has 2 atom stereocenters. The highest BCUT2D eigenvalue weighted by atomic mass is 32.2.